The summed E-state index contributed by atoms with van der Waals surface area (Å²) in [5.41, 5.74) is 0.666. The van der Waals surface area contributed by atoms with E-state index in [4.69, 9.17) is 23.2 Å². The topological polar surface area (TPSA) is 71.7 Å². The molecule has 9 heteroatoms. The number of allylic oxidation sites excluding steroid dienone is 1. The second-order valence-corrected chi connectivity index (χ2v) is 7.17. The van der Waals surface area contributed by atoms with Crippen LogP contribution in [-0.4, -0.2) is 33.7 Å². The predicted molar refractivity (Wildman–Crippen MR) is 96.6 cm³/mol. The molecule has 25 heavy (non-hydrogen) atoms. The average Bonchev–Trinajstić information content (AvgIpc) is 3.07. The first-order valence-electron chi connectivity index (χ1n) is 7.41. The Kier molecular flexibility index (Phi) is 5.08. The lowest BCUT2D eigenvalue weighted by atomic mass is 10.3. The second-order valence-electron chi connectivity index (χ2n) is 5.37. The van der Waals surface area contributed by atoms with Gasteiger partial charge in [0.2, 0.25) is 11.8 Å². The molecular formula is C16H13Cl2N3O3S. The van der Waals surface area contributed by atoms with Crippen LogP contribution >= 0.6 is 34.5 Å². The van der Waals surface area contributed by atoms with Crippen molar-refractivity contribution in [2.45, 2.75) is 19.4 Å². The maximum atomic E-state index is 12.2. The third kappa shape index (κ3) is 3.40. The van der Waals surface area contributed by atoms with Crippen molar-refractivity contribution < 1.29 is 14.4 Å². The van der Waals surface area contributed by atoms with Crippen molar-refractivity contribution in [3.05, 3.63) is 39.6 Å². The van der Waals surface area contributed by atoms with Crippen LogP contribution in [0.4, 0.5) is 0 Å². The lowest BCUT2D eigenvalue weighted by molar-refractivity contribution is -0.141. The number of fused-ring (bicyclic) bond motifs is 1. The van der Waals surface area contributed by atoms with E-state index in [1.807, 2.05) is 0 Å². The molecule has 2 aromatic rings. The zero-order valence-electron chi connectivity index (χ0n) is 13.0. The van der Waals surface area contributed by atoms with E-state index in [9.17, 15) is 14.4 Å². The molecule has 0 bridgehead atoms. The number of rotatable bonds is 4. The quantitative estimate of drug-likeness (QED) is 0.587. The van der Waals surface area contributed by atoms with Gasteiger partial charge in [0.1, 0.15) is 6.54 Å². The van der Waals surface area contributed by atoms with Gasteiger partial charge in [-0.15, -0.1) is 6.58 Å². The highest BCUT2D eigenvalue weighted by Crippen LogP contribution is 2.32. The zero-order chi connectivity index (χ0) is 18.1. The van der Waals surface area contributed by atoms with Gasteiger partial charge < -0.3 is 4.57 Å². The Morgan fingerprint density at radius 2 is 1.96 bits per heavy atom. The maximum Gasteiger partial charge on any atom is 0.268 e. The van der Waals surface area contributed by atoms with Crippen molar-refractivity contribution in [1.82, 2.24) is 9.47 Å². The summed E-state index contributed by atoms with van der Waals surface area (Å²) < 4.78 is 2.54. The molecule has 2 heterocycles. The highest BCUT2D eigenvalue weighted by Gasteiger charge is 2.30. The number of thiazole rings is 1. The lowest BCUT2D eigenvalue weighted by Gasteiger charge is -2.10. The number of halogens is 2. The van der Waals surface area contributed by atoms with Crippen molar-refractivity contribution in [3.8, 4) is 0 Å². The van der Waals surface area contributed by atoms with E-state index in [-0.39, 0.29) is 31.2 Å². The molecule has 3 rings (SSSR count). The van der Waals surface area contributed by atoms with Gasteiger partial charge in [-0.25, -0.2) is 0 Å². The number of carbonyl (C=O) groups excluding carboxylic acids is 3. The van der Waals surface area contributed by atoms with Crippen molar-refractivity contribution in [1.29, 1.82) is 0 Å². The second kappa shape index (κ2) is 7.11. The molecule has 0 radical (unpaired) electrons. The van der Waals surface area contributed by atoms with Crippen LogP contribution in [0.2, 0.25) is 10.0 Å². The monoisotopic (exact) mass is 397 g/mol. The SMILES string of the molecule is C=CCn1c(=NC(=O)CN2C(=O)CCC2=O)sc2ccc(Cl)c(Cl)c21. The number of benzene rings is 1. The van der Waals surface area contributed by atoms with Crippen LogP contribution in [0.3, 0.4) is 0 Å². The minimum Gasteiger partial charge on any atom is -0.311 e. The Hall–Kier alpha value is -1.96. The van der Waals surface area contributed by atoms with Crippen LogP contribution in [0.15, 0.2) is 29.8 Å². The third-order valence-corrected chi connectivity index (χ3v) is 5.55. The molecular weight excluding hydrogens is 385 g/mol. The van der Waals surface area contributed by atoms with Gasteiger partial charge in [0.15, 0.2) is 4.80 Å². The standard InChI is InChI=1S/C16H13Cl2N3O3S/c1-2-7-20-15-10(4-3-9(17)14(15)18)25-16(20)19-11(22)8-21-12(23)5-6-13(21)24/h2-4H,1,5-8H2. The zero-order valence-corrected chi connectivity index (χ0v) is 15.3. The van der Waals surface area contributed by atoms with Gasteiger partial charge in [-0.2, -0.15) is 4.99 Å². The van der Waals surface area contributed by atoms with Crippen LogP contribution in [0.1, 0.15) is 12.8 Å². The Morgan fingerprint density at radius 1 is 1.28 bits per heavy atom. The van der Waals surface area contributed by atoms with Crippen LogP contribution in [-0.2, 0) is 20.9 Å². The van der Waals surface area contributed by atoms with Crippen molar-refractivity contribution >= 4 is 62.5 Å². The lowest BCUT2D eigenvalue weighted by Crippen LogP contribution is -2.34. The van der Waals surface area contributed by atoms with E-state index in [0.717, 1.165) is 9.60 Å². The minimum absolute atomic E-state index is 0.138. The van der Waals surface area contributed by atoms with Gasteiger partial charge in [0.05, 0.1) is 20.3 Å². The number of amides is 3. The van der Waals surface area contributed by atoms with Crippen molar-refractivity contribution in [2.75, 3.05) is 6.54 Å². The number of carbonyl (C=O) groups is 3. The molecule has 0 N–H and O–H groups in total. The van der Waals surface area contributed by atoms with E-state index < -0.39 is 5.91 Å². The fraction of sp³-hybridized carbons (Fsp3) is 0.250. The van der Waals surface area contributed by atoms with E-state index in [2.05, 4.69) is 11.6 Å². The summed E-state index contributed by atoms with van der Waals surface area (Å²) in [6.07, 6.45) is 1.93. The van der Waals surface area contributed by atoms with E-state index in [0.29, 0.717) is 26.9 Å². The predicted octanol–water partition coefficient (Wildman–Crippen LogP) is 2.77. The van der Waals surface area contributed by atoms with Crippen LogP contribution in [0.25, 0.3) is 10.2 Å². The normalized spacial score (nSPS) is 15.4. The summed E-state index contributed by atoms with van der Waals surface area (Å²) in [5.74, 6) is -1.27. The highest BCUT2D eigenvalue weighted by molar-refractivity contribution is 7.16. The molecule has 130 valence electrons. The molecule has 0 spiro atoms. The highest BCUT2D eigenvalue weighted by atomic mass is 35.5. The first kappa shape index (κ1) is 17.8. The fourth-order valence-corrected chi connectivity index (χ4v) is 4.10. The van der Waals surface area contributed by atoms with Crippen LogP contribution in [0.5, 0.6) is 0 Å². The van der Waals surface area contributed by atoms with Gasteiger partial charge in [-0.05, 0) is 12.1 Å². The summed E-state index contributed by atoms with van der Waals surface area (Å²) in [7, 11) is 0. The minimum atomic E-state index is -0.574. The Bertz CT molecular complexity index is 961. The summed E-state index contributed by atoms with van der Waals surface area (Å²) in [6, 6.07) is 3.47. The fourth-order valence-electron chi connectivity index (χ4n) is 2.56. The van der Waals surface area contributed by atoms with E-state index in [1.54, 1.807) is 22.8 Å². The summed E-state index contributed by atoms with van der Waals surface area (Å²) in [6.45, 7) is 3.73. The van der Waals surface area contributed by atoms with Crippen LogP contribution in [0, 0.1) is 0 Å². The molecule has 1 aliphatic heterocycles. The summed E-state index contributed by atoms with van der Waals surface area (Å²) >= 11 is 13.6. The summed E-state index contributed by atoms with van der Waals surface area (Å²) in [5, 5.41) is 0.770. The number of hydrogen-bond donors (Lipinski definition) is 0. The molecule has 3 amide bonds. The molecule has 0 atom stereocenters. The van der Waals surface area contributed by atoms with Gasteiger partial charge in [0.25, 0.3) is 5.91 Å². The molecule has 0 unspecified atom stereocenters. The van der Waals surface area contributed by atoms with E-state index >= 15 is 0 Å². The summed E-state index contributed by atoms with van der Waals surface area (Å²) in [4.78, 5) is 40.9. The first-order valence-corrected chi connectivity index (χ1v) is 8.98. The van der Waals surface area contributed by atoms with Gasteiger partial charge in [0, 0.05) is 19.4 Å². The Morgan fingerprint density at radius 3 is 2.60 bits per heavy atom. The van der Waals surface area contributed by atoms with Gasteiger partial charge in [-0.1, -0.05) is 40.6 Å². The smallest absolute Gasteiger partial charge is 0.268 e. The van der Waals surface area contributed by atoms with Gasteiger partial charge in [-0.3, -0.25) is 19.3 Å². The molecule has 1 aliphatic rings. The first-order chi connectivity index (χ1) is 11.9. The number of aromatic nitrogens is 1. The molecule has 1 aromatic carbocycles. The molecule has 1 saturated heterocycles. The molecule has 0 saturated carbocycles. The van der Waals surface area contributed by atoms with Gasteiger partial charge >= 0.3 is 0 Å². The molecule has 1 fully saturated rings. The number of likely N-dealkylation sites (tertiary alicyclic amines) is 1. The van der Waals surface area contributed by atoms with E-state index in [1.165, 1.54) is 11.3 Å². The molecule has 1 aromatic heterocycles. The Labute approximate surface area is 157 Å². The average molecular weight is 398 g/mol. The van der Waals surface area contributed by atoms with Crippen molar-refractivity contribution in [3.63, 3.8) is 0 Å². The van der Waals surface area contributed by atoms with Crippen molar-refractivity contribution in [2.24, 2.45) is 4.99 Å². The number of hydrogen-bond acceptors (Lipinski definition) is 4. The van der Waals surface area contributed by atoms with Crippen LogP contribution < -0.4 is 4.80 Å². The number of imide groups is 1. The molecule has 0 aliphatic carbocycles. The maximum absolute atomic E-state index is 12.2. The third-order valence-electron chi connectivity index (χ3n) is 3.71. The largest absolute Gasteiger partial charge is 0.311 e. The molecule has 6 nitrogen and oxygen atoms in total. The Balaban J connectivity index is 2.03. The number of nitrogens with zero attached hydrogens (tertiary/aromatic N) is 3.